The Morgan fingerprint density at radius 1 is 0.544 bits per heavy atom. The third-order valence-electron chi connectivity index (χ3n) is 11.0. The molecule has 0 aliphatic heterocycles. The Hall–Kier alpha value is -8.18. The van der Waals surface area contributed by atoms with Crippen LogP contribution in [0.5, 0.6) is 23.0 Å². The van der Waals surface area contributed by atoms with Crippen molar-refractivity contribution in [3.05, 3.63) is 143 Å². The van der Waals surface area contributed by atoms with Gasteiger partial charge in [-0.05, 0) is 54.3 Å². The van der Waals surface area contributed by atoms with Crippen molar-refractivity contribution in [1.29, 1.82) is 0 Å². The van der Waals surface area contributed by atoms with Crippen LogP contribution < -0.4 is 49.2 Å². The highest BCUT2D eigenvalue weighted by Crippen LogP contribution is 2.17. The van der Waals surface area contributed by atoms with Gasteiger partial charge in [0.05, 0.1) is 22.3 Å². The van der Waals surface area contributed by atoms with Crippen LogP contribution >= 0.6 is 0 Å². The third-order valence-corrected chi connectivity index (χ3v) is 11.0. The number of aromatic amines is 1. The smallest absolute Gasteiger partial charge is 0.293 e. The molecule has 0 aliphatic rings. The number of pyridine rings is 4. The van der Waals surface area contributed by atoms with Gasteiger partial charge in [-0.1, -0.05) is 12.1 Å². The lowest BCUT2D eigenvalue weighted by atomic mass is 9.97. The standard InChI is InChI=1S/C45H55N11O12/c1-52-17-9-31(35(58)43(52)66)39(62)49-14-21-55(20-13-48-38(61)30-8-12-47-42(65)34(30)57)25-28(24-27-4-6-29(46)7-5-27)26-56(22-15-50-40(63)32-10-18-53(2)44(67)36(32)59)23-16-51-41(64)33-11-19-54(3)45(68)37(33)60/h4-12,17-19,28,57-60H,13-16,20-26,46H2,1-3H3,(H,47,65)(H,48,61)(H,49,62)(H,50,63)(H,51,64). The Balaban J connectivity index is 1.40. The first-order valence-electron chi connectivity index (χ1n) is 21.3. The SMILES string of the molecule is Cn1ccc(C(=O)NCCN(CCNC(=O)c2cc[nH]c(=O)c2O)CC(Cc2ccc(N)cc2)CN(CCNC(=O)c2ccn(C)c(=O)c2O)CCNC(=O)c2ccn(C)c(=O)c2O)c(O)c1=O. The van der Waals surface area contributed by atoms with Gasteiger partial charge in [0, 0.05) is 117 Å². The molecule has 1 atom stereocenters. The topological polar surface area (TPSA) is 329 Å². The molecule has 0 saturated heterocycles. The van der Waals surface area contributed by atoms with Crippen molar-refractivity contribution in [2.75, 3.05) is 71.2 Å². The zero-order chi connectivity index (χ0) is 49.7. The number of aromatic nitrogens is 4. The summed E-state index contributed by atoms with van der Waals surface area (Å²) in [7, 11) is 4.27. The molecule has 5 rings (SSSR count). The second-order valence-corrected chi connectivity index (χ2v) is 16.0. The average Bonchev–Trinajstić information content (AvgIpc) is 3.30. The predicted octanol–water partition coefficient (Wildman–Crippen LogP) is -1.64. The van der Waals surface area contributed by atoms with E-state index in [1.54, 1.807) is 12.1 Å². The molecule has 11 N–H and O–H groups in total. The van der Waals surface area contributed by atoms with Crippen molar-refractivity contribution in [1.82, 2.24) is 49.8 Å². The molecule has 0 aliphatic carbocycles. The highest BCUT2D eigenvalue weighted by molar-refractivity contribution is 5.98. The number of nitrogen functional groups attached to an aromatic ring is 1. The molecule has 0 fully saturated rings. The molecule has 4 aromatic heterocycles. The maximum Gasteiger partial charge on any atom is 0.293 e. The van der Waals surface area contributed by atoms with Crippen molar-refractivity contribution < 1.29 is 39.6 Å². The van der Waals surface area contributed by atoms with Crippen LogP contribution in [0.2, 0.25) is 0 Å². The minimum atomic E-state index is -0.848. The first-order chi connectivity index (χ1) is 32.4. The number of rotatable bonds is 22. The van der Waals surface area contributed by atoms with Crippen LogP contribution in [0.3, 0.4) is 0 Å². The van der Waals surface area contributed by atoms with E-state index in [0.717, 1.165) is 19.3 Å². The summed E-state index contributed by atoms with van der Waals surface area (Å²) in [6, 6.07) is 12.4. The highest BCUT2D eigenvalue weighted by atomic mass is 16.3. The van der Waals surface area contributed by atoms with Crippen molar-refractivity contribution in [2.45, 2.75) is 6.42 Å². The van der Waals surface area contributed by atoms with Crippen LogP contribution in [0.15, 0.2) is 92.5 Å². The number of nitrogens with zero attached hydrogens (tertiary/aromatic N) is 5. The van der Waals surface area contributed by atoms with Crippen LogP contribution in [0, 0.1) is 5.92 Å². The van der Waals surface area contributed by atoms with Crippen molar-refractivity contribution in [3.8, 4) is 23.0 Å². The molecule has 0 bridgehead atoms. The minimum absolute atomic E-state index is 0.00970. The normalized spacial score (nSPS) is 11.6. The van der Waals surface area contributed by atoms with Gasteiger partial charge in [-0.25, -0.2) is 0 Å². The lowest BCUT2D eigenvalue weighted by Gasteiger charge is -2.32. The predicted molar refractivity (Wildman–Crippen MR) is 249 cm³/mol. The number of nitrogens with one attached hydrogen (secondary N) is 5. The minimum Gasteiger partial charge on any atom is -0.502 e. The molecule has 0 saturated carbocycles. The maximum atomic E-state index is 13.2. The lowest BCUT2D eigenvalue weighted by Crippen LogP contribution is -2.46. The molecule has 0 spiro atoms. The Labute approximate surface area is 388 Å². The van der Waals surface area contributed by atoms with Crippen LogP contribution in [0.1, 0.15) is 47.0 Å². The summed E-state index contributed by atoms with van der Waals surface area (Å²) in [5, 5.41) is 52.3. The molecule has 5 aromatic rings. The quantitative estimate of drug-likeness (QED) is 0.0348. The fraction of sp³-hybridized carbons (Fsp3) is 0.333. The fourth-order valence-electron chi connectivity index (χ4n) is 7.23. The summed E-state index contributed by atoms with van der Waals surface area (Å²) in [5.41, 5.74) is 3.38. The molecule has 1 aromatic carbocycles. The van der Waals surface area contributed by atoms with Gasteiger partial charge in [0.15, 0.2) is 23.0 Å². The lowest BCUT2D eigenvalue weighted by molar-refractivity contribution is 0.0931. The number of hydrogen-bond acceptors (Lipinski definition) is 15. The number of amides is 4. The second-order valence-electron chi connectivity index (χ2n) is 16.0. The van der Waals surface area contributed by atoms with Gasteiger partial charge in [0.2, 0.25) is 0 Å². The van der Waals surface area contributed by atoms with Gasteiger partial charge >= 0.3 is 0 Å². The van der Waals surface area contributed by atoms with E-state index in [1.807, 2.05) is 21.9 Å². The number of nitrogens with two attached hydrogens (primary N) is 1. The van der Waals surface area contributed by atoms with Crippen LogP contribution in [-0.4, -0.2) is 138 Å². The Kier molecular flexibility index (Phi) is 17.4. The average molecular weight is 942 g/mol. The molecule has 68 heavy (non-hydrogen) atoms. The summed E-state index contributed by atoms with van der Waals surface area (Å²) >= 11 is 0. The third kappa shape index (κ3) is 13.2. The zero-order valence-electron chi connectivity index (χ0n) is 37.7. The van der Waals surface area contributed by atoms with E-state index in [0.29, 0.717) is 25.2 Å². The van der Waals surface area contributed by atoms with Crippen molar-refractivity contribution in [3.63, 3.8) is 0 Å². The number of carbonyl (C=O) groups excluding carboxylic acids is 4. The van der Waals surface area contributed by atoms with Gasteiger partial charge in [-0.15, -0.1) is 0 Å². The van der Waals surface area contributed by atoms with Crippen molar-refractivity contribution in [2.24, 2.45) is 27.1 Å². The molecule has 362 valence electrons. The first kappa shape index (κ1) is 50.8. The van der Waals surface area contributed by atoms with E-state index < -0.39 is 68.9 Å². The summed E-state index contributed by atoms with van der Waals surface area (Å²) in [6.07, 6.45) is 5.69. The van der Waals surface area contributed by atoms with Gasteiger partial charge in [-0.2, -0.15) is 0 Å². The van der Waals surface area contributed by atoms with Gasteiger partial charge in [-0.3, -0.25) is 48.2 Å². The maximum absolute atomic E-state index is 13.2. The van der Waals surface area contributed by atoms with Gasteiger partial charge in [0.25, 0.3) is 45.9 Å². The molecule has 23 nitrogen and oxygen atoms in total. The zero-order valence-corrected chi connectivity index (χ0v) is 37.7. The molecule has 23 heteroatoms. The fourth-order valence-corrected chi connectivity index (χ4v) is 7.23. The Morgan fingerprint density at radius 2 is 0.882 bits per heavy atom. The van der Waals surface area contributed by atoms with E-state index in [4.69, 9.17) is 5.73 Å². The van der Waals surface area contributed by atoms with Crippen LogP contribution in [0.25, 0.3) is 0 Å². The van der Waals surface area contributed by atoms with Gasteiger partial charge in [0.1, 0.15) is 0 Å². The second kappa shape index (κ2) is 23.3. The van der Waals surface area contributed by atoms with Crippen molar-refractivity contribution >= 4 is 29.3 Å². The Morgan fingerprint density at radius 3 is 1.24 bits per heavy atom. The Bertz CT molecular complexity index is 2790. The number of carbonyl (C=O) groups is 4. The monoisotopic (exact) mass is 941 g/mol. The first-order valence-corrected chi connectivity index (χ1v) is 21.3. The number of aryl methyl sites for hydroxylation is 3. The number of aromatic hydroxyl groups is 4. The number of benzene rings is 1. The number of anilines is 1. The summed E-state index contributed by atoms with van der Waals surface area (Å²) < 4.78 is 3.36. The van der Waals surface area contributed by atoms with Crippen LogP contribution in [0.4, 0.5) is 5.69 Å². The molecule has 0 radical (unpaired) electrons. The van der Waals surface area contributed by atoms with E-state index in [9.17, 15) is 58.8 Å². The van der Waals surface area contributed by atoms with E-state index >= 15 is 0 Å². The number of H-pyrrole nitrogens is 1. The molecule has 1 unspecified atom stereocenters. The van der Waals surface area contributed by atoms with E-state index in [2.05, 4.69) is 26.3 Å². The van der Waals surface area contributed by atoms with E-state index in [-0.39, 0.29) is 80.5 Å². The molecular weight excluding hydrogens is 887 g/mol. The highest BCUT2D eigenvalue weighted by Gasteiger charge is 2.23. The number of hydrogen-bond donors (Lipinski definition) is 10. The van der Waals surface area contributed by atoms with Crippen LogP contribution in [-0.2, 0) is 27.6 Å². The summed E-state index contributed by atoms with van der Waals surface area (Å²) in [6.45, 7) is 1.33. The molecule has 4 amide bonds. The largest absolute Gasteiger partial charge is 0.502 e. The summed E-state index contributed by atoms with van der Waals surface area (Å²) in [4.78, 5) is 108. The molecular formula is C45H55N11O12. The summed E-state index contributed by atoms with van der Waals surface area (Å²) in [5.74, 6) is -6.04. The molecule has 4 heterocycles. The van der Waals surface area contributed by atoms with Gasteiger partial charge < -0.3 is 66.1 Å². The van der Waals surface area contributed by atoms with E-state index in [1.165, 1.54) is 70.2 Å².